The summed E-state index contributed by atoms with van der Waals surface area (Å²) >= 11 is 0. The number of carbonyl (C=O) groups excluding carboxylic acids is 1. The second-order valence-electron chi connectivity index (χ2n) is 8.80. The Morgan fingerprint density at radius 1 is 1.08 bits per heavy atom. The maximum atomic E-state index is 12.5. The first-order valence-corrected chi connectivity index (χ1v) is 10.3. The highest BCUT2D eigenvalue weighted by Gasteiger charge is 2.46. The smallest absolute Gasteiger partial charge is 0.407 e. The average Bonchev–Trinajstić information content (AvgIpc) is 2.98. The van der Waals surface area contributed by atoms with E-state index in [0.29, 0.717) is 31.2 Å². The molecule has 1 saturated carbocycles. The lowest BCUT2D eigenvalue weighted by Crippen LogP contribution is -2.58. The zero-order valence-electron chi connectivity index (χ0n) is 15.8. The van der Waals surface area contributed by atoms with Crippen LogP contribution in [0.2, 0.25) is 0 Å². The number of piperidine rings is 2. The van der Waals surface area contributed by atoms with Crippen LogP contribution in [-0.2, 0) is 0 Å². The van der Waals surface area contributed by atoms with Crippen LogP contribution in [-0.4, -0.2) is 81.8 Å². The molecule has 7 nitrogen and oxygen atoms in total. The summed E-state index contributed by atoms with van der Waals surface area (Å²) in [6, 6.07) is 1.29. The lowest BCUT2D eigenvalue weighted by Gasteiger charge is -2.50. The Labute approximate surface area is 155 Å². The molecule has 0 spiro atoms. The summed E-state index contributed by atoms with van der Waals surface area (Å²) in [7, 11) is 0. The number of urea groups is 1. The summed E-state index contributed by atoms with van der Waals surface area (Å²) in [5.41, 5.74) is 0.0948. The van der Waals surface area contributed by atoms with Gasteiger partial charge in [-0.25, -0.2) is 9.59 Å². The molecule has 0 aromatic heterocycles. The molecular formula is C19H32N4O3. The molecule has 0 aromatic rings. The van der Waals surface area contributed by atoms with Crippen LogP contribution < -0.4 is 5.32 Å². The van der Waals surface area contributed by atoms with Crippen molar-refractivity contribution in [3.05, 3.63) is 0 Å². The van der Waals surface area contributed by atoms with Gasteiger partial charge in [-0.3, -0.25) is 4.90 Å². The lowest BCUT2D eigenvalue weighted by molar-refractivity contribution is 0.00447. The maximum absolute atomic E-state index is 12.5. The van der Waals surface area contributed by atoms with Crippen LogP contribution in [0.3, 0.4) is 0 Å². The van der Waals surface area contributed by atoms with Gasteiger partial charge in [-0.15, -0.1) is 0 Å². The zero-order chi connectivity index (χ0) is 18.3. The minimum atomic E-state index is -0.798. The van der Waals surface area contributed by atoms with E-state index >= 15 is 0 Å². The zero-order valence-corrected chi connectivity index (χ0v) is 15.8. The van der Waals surface area contributed by atoms with E-state index in [2.05, 4.69) is 22.0 Å². The molecule has 146 valence electrons. The molecule has 0 bridgehead atoms. The van der Waals surface area contributed by atoms with Crippen LogP contribution in [0.5, 0.6) is 0 Å². The number of rotatable bonds is 2. The molecule has 2 atom stereocenters. The summed E-state index contributed by atoms with van der Waals surface area (Å²) in [5.74, 6) is 0. The quantitative estimate of drug-likeness (QED) is 0.788. The van der Waals surface area contributed by atoms with Crippen LogP contribution in [0.1, 0.15) is 58.3 Å². The number of carbonyl (C=O) groups is 2. The minimum absolute atomic E-state index is 0.0948. The van der Waals surface area contributed by atoms with Gasteiger partial charge in [0.25, 0.3) is 0 Å². The summed E-state index contributed by atoms with van der Waals surface area (Å²) in [5, 5.41) is 12.4. The lowest BCUT2D eigenvalue weighted by atomic mass is 9.85. The second-order valence-corrected chi connectivity index (χ2v) is 8.80. The number of amides is 3. The highest BCUT2D eigenvalue weighted by molar-refractivity contribution is 5.78. The molecule has 0 radical (unpaired) electrons. The fourth-order valence-corrected chi connectivity index (χ4v) is 5.61. The Morgan fingerprint density at radius 2 is 1.73 bits per heavy atom. The van der Waals surface area contributed by atoms with Crippen LogP contribution in [0, 0.1) is 0 Å². The molecule has 3 amide bonds. The molecule has 3 heterocycles. The molecule has 26 heavy (non-hydrogen) atoms. The molecule has 4 fully saturated rings. The highest BCUT2D eigenvalue weighted by atomic mass is 16.4. The Hall–Kier alpha value is -1.50. The van der Waals surface area contributed by atoms with Gasteiger partial charge in [0.2, 0.25) is 0 Å². The number of carboxylic acid groups (broad SMARTS) is 1. The molecule has 0 aromatic carbocycles. The van der Waals surface area contributed by atoms with Gasteiger partial charge in [0.1, 0.15) is 0 Å². The molecule has 2 N–H and O–H groups in total. The van der Waals surface area contributed by atoms with Gasteiger partial charge in [0, 0.05) is 37.8 Å². The Bertz CT molecular complexity index is 553. The van der Waals surface area contributed by atoms with E-state index in [1.165, 1.54) is 17.7 Å². The van der Waals surface area contributed by atoms with E-state index < -0.39 is 6.09 Å². The summed E-state index contributed by atoms with van der Waals surface area (Å²) in [4.78, 5) is 29.9. The van der Waals surface area contributed by atoms with Crippen molar-refractivity contribution in [3.63, 3.8) is 0 Å². The van der Waals surface area contributed by atoms with Gasteiger partial charge in [-0.1, -0.05) is 12.8 Å². The second kappa shape index (κ2) is 6.91. The van der Waals surface area contributed by atoms with Gasteiger partial charge < -0.3 is 20.2 Å². The third kappa shape index (κ3) is 3.15. The molecule has 7 heteroatoms. The van der Waals surface area contributed by atoms with E-state index in [1.807, 2.05) is 0 Å². The van der Waals surface area contributed by atoms with Gasteiger partial charge in [-0.05, 0) is 45.4 Å². The fourth-order valence-electron chi connectivity index (χ4n) is 5.61. The SMILES string of the molecule is CC1(N2CCC(N3C(=O)N[C@H]4CCCC[C@H]43)CC2)CCN(C(=O)O)CC1. The molecule has 3 saturated heterocycles. The van der Waals surface area contributed by atoms with Crippen LogP contribution >= 0.6 is 0 Å². The van der Waals surface area contributed by atoms with Crippen molar-refractivity contribution >= 4 is 12.1 Å². The predicted molar refractivity (Wildman–Crippen MR) is 98.2 cm³/mol. The number of likely N-dealkylation sites (tertiary alicyclic amines) is 2. The van der Waals surface area contributed by atoms with Gasteiger partial charge in [0.05, 0.1) is 12.1 Å². The molecule has 0 unspecified atom stereocenters. The van der Waals surface area contributed by atoms with E-state index in [0.717, 1.165) is 51.6 Å². The average molecular weight is 364 g/mol. The number of hydrogen-bond donors (Lipinski definition) is 2. The summed E-state index contributed by atoms with van der Waals surface area (Å²) in [6.07, 6.45) is 7.83. The van der Waals surface area contributed by atoms with E-state index in [-0.39, 0.29) is 11.6 Å². The van der Waals surface area contributed by atoms with Crippen molar-refractivity contribution in [2.24, 2.45) is 0 Å². The number of nitrogens with one attached hydrogen (secondary N) is 1. The largest absolute Gasteiger partial charge is 0.465 e. The first-order chi connectivity index (χ1) is 12.5. The fraction of sp³-hybridized carbons (Fsp3) is 0.895. The predicted octanol–water partition coefficient (Wildman–Crippen LogP) is 2.32. The van der Waals surface area contributed by atoms with Gasteiger partial charge >= 0.3 is 12.1 Å². The monoisotopic (exact) mass is 364 g/mol. The van der Waals surface area contributed by atoms with E-state index in [9.17, 15) is 9.59 Å². The Morgan fingerprint density at radius 3 is 2.38 bits per heavy atom. The maximum Gasteiger partial charge on any atom is 0.407 e. The normalized spacial score (nSPS) is 33.0. The molecule has 4 aliphatic rings. The Kier molecular flexibility index (Phi) is 4.75. The standard InChI is InChI=1S/C19H32N4O3/c1-19(8-12-21(13-9-19)18(25)26)22-10-6-14(7-11-22)23-16-5-3-2-4-15(16)20-17(23)24/h14-16H,2-13H2,1H3,(H,20,24)(H,25,26)/t15-,16+/m0/s1. The minimum Gasteiger partial charge on any atom is -0.465 e. The topological polar surface area (TPSA) is 76.1 Å². The number of hydrogen-bond acceptors (Lipinski definition) is 3. The van der Waals surface area contributed by atoms with Crippen molar-refractivity contribution in [2.75, 3.05) is 26.2 Å². The van der Waals surface area contributed by atoms with E-state index in [1.54, 1.807) is 0 Å². The molecule has 1 aliphatic carbocycles. The van der Waals surface area contributed by atoms with Gasteiger partial charge in [-0.2, -0.15) is 0 Å². The first kappa shape index (κ1) is 17.9. The van der Waals surface area contributed by atoms with Crippen molar-refractivity contribution in [1.29, 1.82) is 0 Å². The first-order valence-electron chi connectivity index (χ1n) is 10.3. The van der Waals surface area contributed by atoms with Crippen molar-refractivity contribution in [2.45, 2.75) is 82.0 Å². The third-order valence-electron chi connectivity index (χ3n) is 7.36. The van der Waals surface area contributed by atoms with Gasteiger partial charge in [0.15, 0.2) is 0 Å². The van der Waals surface area contributed by atoms with Crippen molar-refractivity contribution in [3.8, 4) is 0 Å². The molecular weight excluding hydrogens is 332 g/mol. The third-order valence-corrected chi connectivity index (χ3v) is 7.36. The molecule has 3 aliphatic heterocycles. The summed E-state index contributed by atoms with van der Waals surface area (Å²) in [6.45, 7) is 5.56. The van der Waals surface area contributed by atoms with Crippen molar-refractivity contribution < 1.29 is 14.7 Å². The summed E-state index contributed by atoms with van der Waals surface area (Å²) < 4.78 is 0. The molecule has 4 rings (SSSR count). The van der Waals surface area contributed by atoms with E-state index in [4.69, 9.17) is 5.11 Å². The van der Waals surface area contributed by atoms with Crippen LogP contribution in [0.4, 0.5) is 9.59 Å². The number of fused-ring (bicyclic) bond motifs is 1. The van der Waals surface area contributed by atoms with Crippen LogP contribution in [0.15, 0.2) is 0 Å². The van der Waals surface area contributed by atoms with Crippen LogP contribution in [0.25, 0.3) is 0 Å². The van der Waals surface area contributed by atoms with Crippen molar-refractivity contribution in [1.82, 2.24) is 20.0 Å². The highest BCUT2D eigenvalue weighted by Crippen LogP contribution is 2.35. The Balaban J connectivity index is 1.34. The number of nitrogens with zero attached hydrogens (tertiary/aromatic N) is 3.